The van der Waals surface area contributed by atoms with Gasteiger partial charge in [0.1, 0.15) is 12.7 Å². The van der Waals surface area contributed by atoms with Crippen LogP contribution in [0, 0.1) is 5.92 Å². The fraction of sp³-hybridized carbons (Fsp3) is 0.542. The largest absolute Gasteiger partial charge is 0.447 e. The summed E-state index contributed by atoms with van der Waals surface area (Å²) in [6, 6.07) is 8.98. The minimum atomic E-state index is -1.73. The van der Waals surface area contributed by atoms with Crippen molar-refractivity contribution in [2.45, 2.75) is 63.4 Å². The van der Waals surface area contributed by atoms with Gasteiger partial charge in [-0.3, -0.25) is 9.59 Å². The van der Waals surface area contributed by atoms with Gasteiger partial charge in [-0.2, -0.15) is 0 Å². The molecule has 180 valence electrons. The third-order valence-electron chi connectivity index (χ3n) is 6.02. The van der Waals surface area contributed by atoms with Crippen LogP contribution in [0.3, 0.4) is 0 Å². The summed E-state index contributed by atoms with van der Waals surface area (Å²) in [6.45, 7) is 1.71. The van der Waals surface area contributed by atoms with Crippen molar-refractivity contribution in [3.63, 3.8) is 0 Å². The zero-order valence-electron chi connectivity index (χ0n) is 18.6. The number of aliphatic hydroxyl groups is 2. The summed E-state index contributed by atoms with van der Waals surface area (Å²) in [4.78, 5) is 39.4. The van der Waals surface area contributed by atoms with E-state index in [-0.39, 0.29) is 24.1 Å². The second-order valence-electron chi connectivity index (χ2n) is 8.52. The summed E-state index contributed by atoms with van der Waals surface area (Å²) in [6.07, 6.45) is 2.81. The number of carbonyl (C=O) groups excluding carboxylic acids is 3. The fourth-order valence-corrected chi connectivity index (χ4v) is 4.63. The highest BCUT2D eigenvalue weighted by Crippen LogP contribution is 2.37. The molecule has 2 heterocycles. The van der Waals surface area contributed by atoms with Crippen LogP contribution in [0.15, 0.2) is 40.9 Å². The van der Waals surface area contributed by atoms with Gasteiger partial charge < -0.3 is 19.7 Å². The highest BCUT2D eigenvalue weighted by Gasteiger charge is 2.48. The lowest BCUT2D eigenvalue weighted by Gasteiger charge is -2.37. The Morgan fingerprint density at radius 3 is 2.61 bits per heavy atom. The average molecular weight is 524 g/mol. The molecule has 0 saturated carbocycles. The molecule has 2 amide bonds. The Labute approximate surface area is 201 Å². The van der Waals surface area contributed by atoms with Crippen molar-refractivity contribution in [2.75, 3.05) is 13.2 Å². The number of cyclic esters (lactones) is 1. The minimum absolute atomic E-state index is 0.0783. The average Bonchev–Trinajstić information content (AvgIpc) is 3.16. The number of imide groups is 1. The minimum Gasteiger partial charge on any atom is -0.447 e. The second-order valence-corrected chi connectivity index (χ2v) is 9.38. The molecule has 0 aliphatic carbocycles. The molecule has 33 heavy (non-hydrogen) atoms. The molecule has 1 fully saturated rings. The van der Waals surface area contributed by atoms with E-state index >= 15 is 0 Å². The van der Waals surface area contributed by atoms with Crippen molar-refractivity contribution in [3.05, 3.63) is 46.5 Å². The van der Waals surface area contributed by atoms with Gasteiger partial charge in [0.25, 0.3) is 0 Å². The molecule has 1 aromatic carbocycles. The summed E-state index contributed by atoms with van der Waals surface area (Å²) < 4.78 is 11.1. The number of halogens is 1. The van der Waals surface area contributed by atoms with Crippen LogP contribution in [0.25, 0.3) is 0 Å². The van der Waals surface area contributed by atoms with Gasteiger partial charge in [-0.25, -0.2) is 9.69 Å². The Balaban J connectivity index is 1.70. The van der Waals surface area contributed by atoms with E-state index in [4.69, 9.17) is 14.6 Å². The molecule has 0 aromatic heterocycles. The van der Waals surface area contributed by atoms with Gasteiger partial charge in [0.05, 0.1) is 16.4 Å². The van der Waals surface area contributed by atoms with Crippen molar-refractivity contribution >= 4 is 33.7 Å². The van der Waals surface area contributed by atoms with Crippen molar-refractivity contribution in [1.29, 1.82) is 0 Å². The topological polar surface area (TPSA) is 113 Å². The Bertz CT molecular complexity index is 890. The van der Waals surface area contributed by atoms with Crippen LogP contribution in [0.5, 0.6) is 0 Å². The number of amides is 2. The highest BCUT2D eigenvalue weighted by molar-refractivity contribution is 9.11. The van der Waals surface area contributed by atoms with Gasteiger partial charge >= 0.3 is 6.09 Å². The molecule has 1 saturated heterocycles. The zero-order valence-corrected chi connectivity index (χ0v) is 20.2. The molecule has 0 spiro atoms. The zero-order chi connectivity index (χ0) is 24.0. The van der Waals surface area contributed by atoms with Crippen LogP contribution in [0.1, 0.15) is 44.6 Å². The molecule has 0 bridgehead atoms. The van der Waals surface area contributed by atoms with E-state index < -0.39 is 41.6 Å². The molecule has 0 radical (unpaired) electrons. The lowest BCUT2D eigenvalue weighted by Crippen LogP contribution is -2.52. The van der Waals surface area contributed by atoms with E-state index in [9.17, 15) is 19.5 Å². The Morgan fingerprint density at radius 1 is 1.21 bits per heavy atom. The molecule has 2 aliphatic heterocycles. The number of hydrogen-bond acceptors (Lipinski definition) is 7. The number of ketones is 1. The lowest BCUT2D eigenvalue weighted by molar-refractivity contribution is -0.217. The molecule has 9 heteroatoms. The standard InChI is InChI=1S/C24H30BrNO7/c1-16(21-19(28)14-20(25)24(31,33-21)11-7-2-3-8-12-27)22(29)26-18(15-32-23(26)30)13-17-9-5-4-6-10-17/h4-6,9-10,14,16,18,21,27,31H,2-3,7-8,11-13,15H2,1H3/t16-,18-,21+,24+/m0/s1. The summed E-state index contributed by atoms with van der Waals surface area (Å²) >= 11 is 3.23. The van der Waals surface area contributed by atoms with Gasteiger partial charge in [-0.15, -0.1) is 0 Å². The first-order chi connectivity index (χ1) is 15.8. The maximum atomic E-state index is 13.3. The smallest absolute Gasteiger partial charge is 0.416 e. The number of unbranched alkanes of at least 4 members (excludes halogenated alkanes) is 3. The molecule has 0 unspecified atom stereocenters. The Hall–Kier alpha value is -2.07. The Kier molecular flexibility index (Phi) is 8.81. The van der Waals surface area contributed by atoms with Crippen molar-refractivity contribution < 1.29 is 34.1 Å². The normalized spacial score (nSPS) is 26.2. The van der Waals surface area contributed by atoms with Crippen molar-refractivity contribution in [3.8, 4) is 0 Å². The van der Waals surface area contributed by atoms with E-state index in [1.807, 2.05) is 30.3 Å². The monoisotopic (exact) mass is 523 g/mol. The first kappa shape index (κ1) is 25.6. The van der Waals surface area contributed by atoms with Crippen LogP contribution in [-0.4, -0.2) is 64.0 Å². The lowest BCUT2D eigenvalue weighted by atomic mass is 9.93. The van der Waals surface area contributed by atoms with Crippen LogP contribution in [0.4, 0.5) is 4.79 Å². The fourth-order valence-electron chi connectivity index (χ4n) is 4.12. The van der Waals surface area contributed by atoms with Crippen LogP contribution >= 0.6 is 15.9 Å². The number of benzene rings is 1. The molecule has 2 N–H and O–H groups in total. The van der Waals surface area contributed by atoms with Gasteiger partial charge in [0.2, 0.25) is 5.91 Å². The van der Waals surface area contributed by atoms with Crippen molar-refractivity contribution in [1.82, 2.24) is 4.90 Å². The Morgan fingerprint density at radius 2 is 1.91 bits per heavy atom. The first-order valence-electron chi connectivity index (χ1n) is 11.2. The third kappa shape index (κ3) is 6.09. The number of ether oxygens (including phenoxy) is 2. The molecular weight excluding hydrogens is 494 g/mol. The predicted octanol–water partition coefficient (Wildman–Crippen LogP) is 3.09. The second kappa shape index (κ2) is 11.4. The molecular formula is C24H30BrNO7. The summed E-state index contributed by atoms with van der Waals surface area (Å²) in [5, 5.41) is 19.9. The van der Waals surface area contributed by atoms with Crippen LogP contribution in [0.2, 0.25) is 0 Å². The highest BCUT2D eigenvalue weighted by atomic mass is 79.9. The number of carbonyl (C=O) groups is 3. The molecule has 3 rings (SSSR count). The first-order valence-corrected chi connectivity index (χ1v) is 12.0. The van der Waals surface area contributed by atoms with E-state index in [1.54, 1.807) is 0 Å². The molecule has 8 nitrogen and oxygen atoms in total. The molecule has 1 aromatic rings. The van der Waals surface area contributed by atoms with Gasteiger partial charge in [0.15, 0.2) is 11.6 Å². The van der Waals surface area contributed by atoms with E-state index in [1.165, 1.54) is 13.0 Å². The number of rotatable bonds is 10. The van der Waals surface area contributed by atoms with E-state index in [0.29, 0.717) is 19.3 Å². The van der Waals surface area contributed by atoms with Gasteiger partial charge in [-0.1, -0.05) is 50.1 Å². The van der Waals surface area contributed by atoms with Gasteiger partial charge in [0, 0.05) is 13.0 Å². The summed E-state index contributed by atoms with van der Waals surface area (Å²) in [5.74, 6) is -3.77. The SMILES string of the molecule is C[C@H](C(=O)N1C(=O)OC[C@@H]1Cc1ccccc1)[C@H]1O[C@](O)(CCCCCCO)C(Br)=CC1=O. The molecule has 2 aliphatic rings. The number of hydrogen-bond donors (Lipinski definition) is 2. The maximum absolute atomic E-state index is 13.3. The predicted molar refractivity (Wildman–Crippen MR) is 123 cm³/mol. The van der Waals surface area contributed by atoms with Crippen LogP contribution in [-0.2, 0) is 25.5 Å². The molecule has 4 atom stereocenters. The number of nitrogens with zero attached hydrogens (tertiary/aromatic N) is 1. The van der Waals surface area contributed by atoms with Gasteiger partial charge in [-0.05, 0) is 46.8 Å². The number of aliphatic hydroxyl groups excluding tert-OH is 1. The van der Waals surface area contributed by atoms with E-state index in [0.717, 1.165) is 23.3 Å². The maximum Gasteiger partial charge on any atom is 0.416 e. The third-order valence-corrected chi connectivity index (χ3v) is 6.87. The summed E-state index contributed by atoms with van der Waals surface area (Å²) in [7, 11) is 0. The van der Waals surface area contributed by atoms with Crippen molar-refractivity contribution in [2.24, 2.45) is 5.92 Å². The summed E-state index contributed by atoms with van der Waals surface area (Å²) in [5.41, 5.74) is 0.957. The van der Waals surface area contributed by atoms with Crippen LogP contribution < -0.4 is 0 Å². The quantitative estimate of drug-likeness (QED) is 0.453. The van der Waals surface area contributed by atoms with E-state index in [2.05, 4.69) is 15.9 Å².